The number of piperidine rings is 1. The Morgan fingerprint density at radius 3 is 2.90 bits per heavy atom. The predicted octanol–water partition coefficient (Wildman–Crippen LogP) is 0.0451. The number of carboxylic acid groups (broad SMARTS) is 1. The molecule has 0 amide bonds. The van der Waals surface area contributed by atoms with E-state index in [0.29, 0.717) is 19.4 Å². The molecule has 2 heterocycles. The predicted molar refractivity (Wildman–Crippen MR) is 75.7 cm³/mol. The molecule has 1 aliphatic heterocycles. The van der Waals surface area contributed by atoms with E-state index < -0.39 is 22.2 Å². The van der Waals surface area contributed by atoms with Gasteiger partial charge in [-0.25, -0.2) is 4.98 Å². The maximum atomic E-state index is 12.4. The van der Waals surface area contributed by atoms with Gasteiger partial charge in [-0.05, 0) is 26.2 Å². The Labute approximate surface area is 124 Å². The number of aromatic nitrogens is 2. The molecule has 2 N–H and O–H groups in total. The molecule has 118 valence electrons. The minimum Gasteiger partial charge on any atom is -0.480 e. The van der Waals surface area contributed by atoms with Crippen molar-refractivity contribution < 1.29 is 18.3 Å². The van der Waals surface area contributed by atoms with E-state index >= 15 is 0 Å². The molecule has 1 saturated heterocycles. The van der Waals surface area contributed by atoms with Crippen molar-refractivity contribution in [1.29, 1.82) is 0 Å². The van der Waals surface area contributed by atoms with E-state index in [4.69, 9.17) is 5.11 Å². The second kappa shape index (κ2) is 6.54. The molecule has 0 aliphatic carbocycles. The number of nitrogens with zero attached hydrogens (tertiary/aromatic N) is 3. The van der Waals surface area contributed by atoms with Crippen LogP contribution in [-0.4, -0.2) is 52.0 Å². The van der Waals surface area contributed by atoms with Crippen LogP contribution in [0.2, 0.25) is 0 Å². The van der Waals surface area contributed by atoms with Crippen LogP contribution in [0.25, 0.3) is 0 Å². The number of aliphatic carboxylic acids is 1. The summed E-state index contributed by atoms with van der Waals surface area (Å²) in [5, 5.41) is 9.17. The van der Waals surface area contributed by atoms with E-state index in [-0.39, 0.29) is 12.6 Å². The highest BCUT2D eigenvalue weighted by atomic mass is 32.2. The lowest BCUT2D eigenvalue weighted by Crippen LogP contribution is -2.54. The van der Waals surface area contributed by atoms with Gasteiger partial charge in [0.1, 0.15) is 6.04 Å². The third-order valence-corrected chi connectivity index (χ3v) is 5.20. The molecule has 0 spiro atoms. The SMILES string of the molecule is CC(Cn1ccnc1)NS(=O)(=O)N1CCCCC1C(=O)O. The molecular weight excluding hydrogens is 296 g/mol. The molecule has 9 heteroatoms. The van der Waals surface area contributed by atoms with E-state index in [1.807, 2.05) is 0 Å². The Morgan fingerprint density at radius 1 is 1.52 bits per heavy atom. The van der Waals surface area contributed by atoms with Crippen molar-refractivity contribution in [2.75, 3.05) is 6.54 Å². The van der Waals surface area contributed by atoms with Crippen LogP contribution in [0, 0.1) is 0 Å². The van der Waals surface area contributed by atoms with Crippen molar-refractivity contribution in [3.63, 3.8) is 0 Å². The van der Waals surface area contributed by atoms with Crippen LogP contribution in [0.15, 0.2) is 18.7 Å². The lowest BCUT2D eigenvalue weighted by molar-refractivity contribution is -0.142. The van der Waals surface area contributed by atoms with E-state index in [9.17, 15) is 13.2 Å². The third kappa shape index (κ3) is 4.02. The molecule has 8 nitrogen and oxygen atoms in total. The van der Waals surface area contributed by atoms with Gasteiger partial charge in [0, 0.05) is 31.5 Å². The van der Waals surface area contributed by atoms with Gasteiger partial charge in [-0.2, -0.15) is 17.4 Å². The number of carbonyl (C=O) groups is 1. The Morgan fingerprint density at radius 2 is 2.29 bits per heavy atom. The normalized spacial score (nSPS) is 22.0. The maximum absolute atomic E-state index is 12.4. The molecule has 0 bridgehead atoms. The van der Waals surface area contributed by atoms with Gasteiger partial charge in [0.05, 0.1) is 6.33 Å². The summed E-state index contributed by atoms with van der Waals surface area (Å²) in [5.41, 5.74) is 0. The van der Waals surface area contributed by atoms with E-state index in [0.717, 1.165) is 10.7 Å². The Bertz CT molecular complexity index is 572. The summed E-state index contributed by atoms with van der Waals surface area (Å²) >= 11 is 0. The topological polar surface area (TPSA) is 105 Å². The van der Waals surface area contributed by atoms with Crippen molar-refractivity contribution in [3.05, 3.63) is 18.7 Å². The smallest absolute Gasteiger partial charge is 0.322 e. The number of hydrogen-bond acceptors (Lipinski definition) is 4. The van der Waals surface area contributed by atoms with Gasteiger partial charge in [-0.1, -0.05) is 0 Å². The molecule has 1 fully saturated rings. The highest BCUT2D eigenvalue weighted by Gasteiger charge is 2.37. The Kier molecular flexibility index (Phi) is 4.96. The van der Waals surface area contributed by atoms with Crippen molar-refractivity contribution in [2.24, 2.45) is 0 Å². The highest BCUT2D eigenvalue weighted by molar-refractivity contribution is 7.87. The second-order valence-corrected chi connectivity index (χ2v) is 6.90. The first-order valence-corrected chi connectivity index (χ1v) is 8.32. The summed E-state index contributed by atoms with van der Waals surface area (Å²) in [7, 11) is -3.81. The molecule has 1 aliphatic rings. The number of carboxylic acids is 1. The Balaban J connectivity index is 2.04. The fourth-order valence-electron chi connectivity index (χ4n) is 2.51. The average molecular weight is 316 g/mol. The quantitative estimate of drug-likeness (QED) is 0.771. The highest BCUT2D eigenvalue weighted by Crippen LogP contribution is 2.20. The summed E-state index contributed by atoms with van der Waals surface area (Å²) in [6.45, 7) is 2.41. The number of imidazole rings is 1. The van der Waals surface area contributed by atoms with Gasteiger partial charge in [0.2, 0.25) is 0 Å². The van der Waals surface area contributed by atoms with Gasteiger partial charge in [-0.3, -0.25) is 4.79 Å². The Hall–Kier alpha value is -1.45. The molecule has 0 aromatic carbocycles. The molecule has 21 heavy (non-hydrogen) atoms. The summed E-state index contributed by atoms with van der Waals surface area (Å²) in [4.78, 5) is 15.1. The minimum atomic E-state index is -3.81. The summed E-state index contributed by atoms with van der Waals surface area (Å²) < 4.78 is 30.1. The van der Waals surface area contributed by atoms with Crippen LogP contribution < -0.4 is 4.72 Å². The van der Waals surface area contributed by atoms with Crippen LogP contribution in [0.1, 0.15) is 26.2 Å². The zero-order valence-electron chi connectivity index (χ0n) is 11.8. The van der Waals surface area contributed by atoms with Crippen molar-refractivity contribution >= 4 is 16.2 Å². The molecule has 2 unspecified atom stereocenters. The fraction of sp³-hybridized carbons (Fsp3) is 0.667. The number of hydrogen-bond donors (Lipinski definition) is 2. The molecule has 2 atom stereocenters. The zero-order chi connectivity index (χ0) is 15.5. The third-order valence-electron chi connectivity index (χ3n) is 3.44. The maximum Gasteiger partial charge on any atom is 0.322 e. The number of rotatable bonds is 6. The van der Waals surface area contributed by atoms with Crippen molar-refractivity contribution in [2.45, 2.75) is 44.8 Å². The minimum absolute atomic E-state index is 0.240. The largest absolute Gasteiger partial charge is 0.480 e. The van der Waals surface area contributed by atoms with Crippen molar-refractivity contribution in [3.8, 4) is 0 Å². The van der Waals surface area contributed by atoms with Crippen LogP contribution in [0.3, 0.4) is 0 Å². The van der Waals surface area contributed by atoms with Gasteiger partial charge in [0.15, 0.2) is 0 Å². The van der Waals surface area contributed by atoms with Crippen LogP contribution >= 0.6 is 0 Å². The standard InChI is InChI=1S/C12H20N4O4S/c1-10(8-15-7-5-13-9-15)14-21(19,20)16-6-3-2-4-11(16)12(17)18/h5,7,9-11,14H,2-4,6,8H2,1H3,(H,17,18). The molecule has 1 aromatic heterocycles. The first kappa shape index (κ1) is 15.9. The van der Waals surface area contributed by atoms with Gasteiger partial charge in [0.25, 0.3) is 10.2 Å². The van der Waals surface area contributed by atoms with Gasteiger partial charge >= 0.3 is 5.97 Å². The average Bonchev–Trinajstić information content (AvgIpc) is 2.90. The van der Waals surface area contributed by atoms with Crippen LogP contribution in [0.5, 0.6) is 0 Å². The molecule has 2 rings (SSSR count). The van der Waals surface area contributed by atoms with Crippen LogP contribution in [0.4, 0.5) is 0 Å². The zero-order valence-corrected chi connectivity index (χ0v) is 12.7. The van der Waals surface area contributed by atoms with E-state index in [2.05, 4.69) is 9.71 Å². The number of nitrogens with one attached hydrogen (secondary N) is 1. The second-order valence-electron chi connectivity index (χ2n) is 5.24. The lowest BCUT2D eigenvalue weighted by atomic mass is 10.1. The first-order valence-electron chi connectivity index (χ1n) is 6.88. The van der Waals surface area contributed by atoms with Gasteiger partial charge < -0.3 is 9.67 Å². The van der Waals surface area contributed by atoms with E-state index in [1.54, 1.807) is 30.2 Å². The monoisotopic (exact) mass is 316 g/mol. The molecule has 1 aromatic rings. The summed E-state index contributed by atoms with van der Waals surface area (Å²) in [5.74, 6) is -1.10. The molecule has 0 radical (unpaired) electrons. The summed E-state index contributed by atoms with van der Waals surface area (Å²) in [6, 6.07) is -1.34. The fourth-order valence-corrected chi connectivity index (χ4v) is 4.13. The van der Waals surface area contributed by atoms with Crippen LogP contribution in [-0.2, 0) is 21.5 Å². The lowest BCUT2D eigenvalue weighted by Gasteiger charge is -2.32. The van der Waals surface area contributed by atoms with Gasteiger partial charge in [-0.15, -0.1) is 0 Å². The first-order chi connectivity index (χ1) is 9.90. The summed E-state index contributed by atoms with van der Waals surface area (Å²) in [6.07, 6.45) is 6.73. The van der Waals surface area contributed by atoms with Crippen molar-refractivity contribution in [1.82, 2.24) is 18.6 Å². The van der Waals surface area contributed by atoms with E-state index in [1.165, 1.54) is 0 Å². The molecular formula is C12H20N4O4S. The molecule has 0 saturated carbocycles.